The molecule has 2 heterocycles. The van der Waals surface area contributed by atoms with Crippen molar-refractivity contribution in [1.29, 1.82) is 0 Å². The Hall–Kier alpha value is -4.45. The smallest absolute Gasteiger partial charge is 0.360 e. The molecule has 0 saturated heterocycles. The highest BCUT2D eigenvalue weighted by atomic mass is 32.1. The van der Waals surface area contributed by atoms with Gasteiger partial charge in [-0.1, -0.05) is 30.3 Å². The molecule has 1 N–H and O–H groups in total. The lowest BCUT2D eigenvalue weighted by molar-refractivity contribution is -0.384. The lowest BCUT2D eigenvalue weighted by Crippen LogP contribution is -2.31. The molecular formula is C23H19N5O6S. The number of carbonyl (C=O) groups is 2. The molecule has 0 aliphatic carbocycles. The molecule has 0 bridgehead atoms. The molecule has 0 spiro atoms. The van der Waals surface area contributed by atoms with Crippen LogP contribution in [-0.2, 0) is 16.1 Å². The first-order valence-electron chi connectivity index (χ1n) is 10.5. The number of hydrogen-bond acceptors (Lipinski definition) is 9. The number of nitrogens with one attached hydrogen (secondary N) is 1. The first-order chi connectivity index (χ1) is 16.8. The molecule has 0 aliphatic rings. The minimum atomic E-state index is -1.18. The van der Waals surface area contributed by atoms with Crippen LogP contribution in [0, 0.1) is 10.1 Å². The summed E-state index contributed by atoms with van der Waals surface area (Å²) in [4.78, 5) is 52.7. The van der Waals surface area contributed by atoms with Gasteiger partial charge in [-0.3, -0.25) is 25.0 Å². The largest absolute Gasteiger partial charge is 0.448 e. The van der Waals surface area contributed by atoms with E-state index in [0.29, 0.717) is 22.0 Å². The van der Waals surface area contributed by atoms with Gasteiger partial charge >= 0.3 is 5.97 Å². The molecular weight excluding hydrogens is 474 g/mol. The van der Waals surface area contributed by atoms with E-state index in [1.807, 2.05) is 0 Å². The van der Waals surface area contributed by atoms with Crippen LogP contribution in [0.5, 0.6) is 0 Å². The zero-order chi connectivity index (χ0) is 25.1. The van der Waals surface area contributed by atoms with Gasteiger partial charge in [-0.15, -0.1) is 11.3 Å². The van der Waals surface area contributed by atoms with E-state index < -0.39 is 22.9 Å². The van der Waals surface area contributed by atoms with Crippen LogP contribution >= 0.6 is 11.3 Å². The molecule has 1 atom stereocenters. The minimum Gasteiger partial charge on any atom is -0.448 e. The SMILES string of the molecule is CCn1nc(C(=O)O[C@H](C)C(=O)Nc2nc(-c3cccc([N+](=O)[O-])c3)cs2)c2ccccc2c1=O. The van der Waals surface area contributed by atoms with E-state index in [4.69, 9.17) is 4.74 Å². The van der Waals surface area contributed by atoms with Crippen molar-refractivity contribution in [3.63, 3.8) is 0 Å². The highest BCUT2D eigenvalue weighted by molar-refractivity contribution is 7.14. The third-order valence-electron chi connectivity index (χ3n) is 5.10. The molecule has 4 aromatic rings. The number of nitro benzene ring substituents is 1. The van der Waals surface area contributed by atoms with Crippen molar-refractivity contribution >= 4 is 44.8 Å². The van der Waals surface area contributed by atoms with E-state index >= 15 is 0 Å². The van der Waals surface area contributed by atoms with E-state index in [2.05, 4.69) is 15.4 Å². The maximum atomic E-state index is 12.8. The first-order valence-corrected chi connectivity index (χ1v) is 11.4. The quantitative estimate of drug-likeness (QED) is 0.233. The van der Waals surface area contributed by atoms with Crippen molar-refractivity contribution < 1.29 is 19.2 Å². The second-order valence-corrected chi connectivity index (χ2v) is 8.26. The Balaban J connectivity index is 1.49. The average molecular weight is 494 g/mol. The maximum absolute atomic E-state index is 12.8. The van der Waals surface area contributed by atoms with Gasteiger partial charge < -0.3 is 4.74 Å². The summed E-state index contributed by atoms with van der Waals surface area (Å²) in [5.41, 5.74) is 0.519. The fraction of sp³-hybridized carbons (Fsp3) is 0.174. The lowest BCUT2D eigenvalue weighted by atomic mass is 10.1. The van der Waals surface area contributed by atoms with Gasteiger partial charge in [0.25, 0.3) is 17.2 Å². The third-order valence-corrected chi connectivity index (χ3v) is 5.86. The molecule has 35 heavy (non-hydrogen) atoms. The van der Waals surface area contributed by atoms with E-state index in [9.17, 15) is 24.5 Å². The Kier molecular flexibility index (Phi) is 6.64. The van der Waals surface area contributed by atoms with Crippen molar-refractivity contribution in [3.05, 3.63) is 80.1 Å². The summed E-state index contributed by atoms with van der Waals surface area (Å²) in [5.74, 6) is -1.46. The number of carbonyl (C=O) groups excluding carboxylic acids is 2. The standard InChI is InChI=1S/C23H19N5O6S/c1-3-27-21(30)17-10-5-4-9-16(17)19(26-27)22(31)34-13(2)20(29)25-23-24-18(12-35-23)14-7-6-8-15(11-14)28(32)33/h4-13H,3H2,1-2H3,(H,24,25,29)/t13-/m1/s1. The highest BCUT2D eigenvalue weighted by Gasteiger charge is 2.24. The summed E-state index contributed by atoms with van der Waals surface area (Å²) in [6.07, 6.45) is -1.18. The normalized spacial score (nSPS) is 11.7. The van der Waals surface area contributed by atoms with Crippen LogP contribution in [0.2, 0.25) is 0 Å². The molecule has 4 rings (SSSR count). The molecule has 0 fully saturated rings. The Morgan fingerprint density at radius 2 is 1.94 bits per heavy atom. The summed E-state index contributed by atoms with van der Waals surface area (Å²) in [6, 6.07) is 12.5. The van der Waals surface area contributed by atoms with Crippen LogP contribution in [0.15, 0.2) is 58.7 Å². The van der Waals surface area contributed by atoms with Crippen molar-refractivity contribution in [2.24, 2.45) is 0 Å². The van der Waals surface area contributed by atoms with Gasteiger partial charge in [-0.25, -0.2) is 14.5 Å². The van der Waals surface area contributed by atoms with Crippen molar-refractivity contribution in [2.45, 2.75) is 26.5 Å². The van der Waals surface area contributed by atoms with Crippen LogP contribution in [0.1, 0.15) is 24.3 Å². The number of fused-ring (bicyclic) bond motifs is 1. The van der Waals surface area contributed by atoms with Crippen LogP contribution in [-0.4, -0.2) is 37.7 Å². The summed E-state index contributed by atoms with van der Waals surface area (Å²) in [6.45, 7) is 3.39. The highest BCUT2D eigenvalue weighted by Crippen LogP contribution is 2.27. The van der Waals surface area contributed by atoms with Gasteiger partial charge in [0, 0.05) is 35.0 Å². The monoisotopic (exact) mass is 493 g/mol. The Bertz CT molecular complexity index is 1510. The van der Waals surface area contributed by atoms with E-state index in [0.717, 1.165) is 16.0 Å². The number of ether oxygens (including phenoxy) is 1. The number of nitro groups is 1. The summed E-state index contributed by atoms with van der Waals surface area (Å²) >= 11 is 1.12. The fourth-order valence-corrected chi connectivity index (χ4v) is 4.04. The Labute approximate surface area is 202 Å². The second kappa shape index (κ2) is 9.81. The molecule has 12 heteroatoms. The number of thiazole rings is 1. The molecule has 0 radical (unpaired) electrons. The molecule has 2 aromatic carbocycles. The van der Waals surface area contributed by atoms with Crippen LogP contribution < -0.4 is 10.9 Å². The average Bonchev–Trinajstić information content (AvgIpc) is 3.33. The van der Waals surface area contributed by atoms with E-state index in [-0.39, 0.29) is 28.6 Å². The number of esters is 1. The van der Waals surface area contributed by atoms with Gasteiger partial charge in [-0.2, -0.15) is 5.10 Å². The van der Waals surface area contributed by atoms with Crippen LogP contribution in [0.4, 0.5) is 10.8 Å². The third kappa shape index (κ3) is 4.92. The number of aromatic nitrogens is 3. The van der Waals surface area contributed by atoms with E-state index in [1.54, 1.807) is 48.7 Å². The summed E-state index contributed by atoms with van der Waals surface area (Å²) in [7, 11) is 0. The zero-order valence-corrected chi connectivity index (χ0v) is 19.4. The van der Waals surface area contributed by atoms with Gasteiger partial charge in [0.1, 0.15) is 0 Å². The number of nitrogens with zero attached hydrogens (tertiary/aromatic N) is 4. The number of anilines is 1. The number of aryl methyl sites for hydroxylation is 1. The predicted molar refractivity (Wildman–Crippen MR) is 129 cm³/mol. The topological polar surface area (TPSA) is 146 Å². The summed E-state index contributed by atoms with van der Waals surface area (Å²) < 4.78 is 6.49. The minimum absolute atomic E-state index is 0.0658. The zero-order valence-electron chi connectivity index (χ0n) is 18.6. The number of benzene rings is 2. The Morgan fingerprint density at radius 3 is 2.66 bits per heavy atom. The fourth-order valence-electron chi connectivity index (χ4n) is 3.32. The number of non-ortho nitro benzene ring substituents is 1. The number of rotatable bonds is 7. The predicted octanol–water partition coefficient (Wildman–Crippen LogP) is 3.63. The van der Waals surface area contributed by atoms with Gasteiger partial charge in [-0.05, 0) is 19.9 Å². The van der Waals surface area contributed by atoms with E-state index in [1.165, 1.54) is 19.1 Å². The lowest BCUT2D eigenvalue weighted by Gasteiger charge is -2.14. The molecule has 0 unspecified atom stereocenters. The summed E-state index contributed by atoms with van der Waals surface area (Å²) in [5, 5.41) is 20.2. The van der Waals surface area contributed by atoms with Crippen molar-refractivity contribution in [3.8, 4) is 11.3 Å². The van der Waals surface area contributed by atoms with Gasteiger partial charge in [0.2, 0.25) is 0 Å². The van der Waals surface area contributed by atoms with Gasteiger partial charge in [0.05, 0.1) is 16.0 Å². The molecule has 11 nitrogen and oxygen atoms in total. The molecule has 178 valence electrons. The van der Waals surface area contributed by atoms with Crippen LogP contribution in [0.3, 0.4) is 0 Å². The number of amides is 1. The van der Waals surface area contributed by atoms with Crippen molar-refractivity contribution in [2.75, 3.05) is 5.32 Å². The van der Waals surface area contributed by atoms with Gasteiger partial charge in [0.15, 0.2) is 16.9 Å². The second-order valence-electron chi connectivity index (χ2n) is 7.40. The molecule has 1 amide bonds. The molecule has 0 aliphatic heterocycles. The van der Waals surface area contributed by atoms with Crippen LogP contribution in [0.25, 0.3) is 22.0 Å². The Morgan fingerprint density at radius 1 is 1.20 bits per heavy atom. The molecule has 2 aromatic heterocycles. The maximum Gasteiger partial charge on any atom is 0.360 e. The first kappa shape index (κ1) is 23.7. The van der Waals surface area contributed by atoms with Crippen molar-refractivity contribution in [1.82, 2.24) is 14.8 Å². The number of hydrogen-bond donors (Lipinski definition) is 1. The molecule has 0 saturated carbocycles.